The van der Waals surface area contributed by atoms with E-state index in [0.29, 0.717) is 0 Å². The Morgan fingerprint density at radius 3 is 2.63 bits per heavy atom. The molecular weight excluding hydrogens is 276 g/mol. The van der Waals surface area contributed by atoms with Gasteiger partial charge in [-0.2, -0.15) is 4.37 Å². The maximum absolute atomic E-state index is 5.35. The number of ether oxygens (including phenoxy) is 1. The Bertz CT molecular complexity index is 546. The molecular formula is C14H18N2OS2. The Labute approximate surface area is 122 Å². The first-order chi connectivity index (χ1) is 9.00. The number of hydrogen-bond acceptors (Lipinski definition) is 5. The highest BCUT2D eigenvalue weighted by Gasteiger charge is 2.19. The smallest absolute Gasteiger partial charge is 0.170 e. The van der Waals surface area contributed by atoms with Crippen LogP contribution in [-0.4, -0.2) is 16.5 Å². The Balaban J connectivity index is 2.05. The Morgan fingerprint density at radius 1 is 1.26 bits per heavy atom. The molecule has 0 radical (unpaired) electrons. The van der Waals surface area contributed by atoms with Crippen LogP contribution in [0, 0.1) is 0 Å². The molecule has 19 heavy (non-hydrogen) atoms. The number of hydrogen-bond donors (Lipinski definition) is 0. The molecule has 2 rings (SSSR count). The van der Waals surface area contributed by atoms with Gasteiger partial charge in [-0.1, -0.05) is 50.7 Å². The number of rotatable bonds is 4. The normalized spacial score (nSPS) is 11.6. The molecule has 0 bridgehead atoms. The van der Waals surface area contributed by atoms with Gasteiger partial charge in [0.1, 0.15) is 11.6 Å². The Kier molecular flexibility index (Phi) is 4.47. The molecule has 1 aromatic heterocycles. The lowest BCUT2D eigenvalue weighted by molar-refractivity contribution is 0.411. The Hall–Kier alpha value is -1.07. The number of aromatic nitrogens is 2. The summed E-state index contributed by atoms with van der Waals surface area (Å²) < 4.78 is 10.8. The highest BCUT2D eigenvalue weighted by atomic mass is 32.2. The SMILES string of the molecule is COc1ccccc1CSc1nc(C(C)(C)C)ns1. The molecule has 2 aromatic rings. The summed E-state index contributed by atoms with van der Waals surface area (Å²) in [5.41, 5.74) is 1.20. The van der Waals surface area contributed by atoms with Crippen molar-refractivity contribution in [1.29, 1.82) is 0 Å². The number of nitrogens with zero attached hydrogens (tertiary/aromatic N) is 2. The van der Waals surface area contributed by atoms with E-state index in [1.165, 1.54) is 17.1 Å². The number of methoxy groups -OCH3 is 1. The summed E-state index contributed by atoms with van der Waals surface area (Å²) in [7, 11) is 1.70. The van der Waals surface area contributed by atoms with E-state index in [1.54, 1.807) is 18.9 Å². The quantitative estimate of drug-likeness (QED) is 0.794. The molecule has 0 fully saturated rings. The van der Waals surface area contributed by atoms with Crippen molar-refractivity contribution in [3.8, 4) is 5.75 Å². The van der Waals surface area contributed by atoms with Crippen LogP contribution in [0.25, 0.3) is 0 Å². The van der Waals surface area contributed by atoms with Crippen molar-refractivity contribution in [2.24, 2.45) is 0 Å². The summed E-state index contributed by atoms with van der Waals surface area (Å²) in [6, 6.07) is 8.07. The van der Waals surface area contributed by atoms with Crippen molar-refractivity contribution in [2.45, 2.75) is 36.3 Å². The third-order valence-corrected chi connectivity index (χ3v) is 4.50. The molecule has 0 atom stereocenters. The molecule has 0 aliphatic heterocycles. The zero-order valence-electron chi connectivity index (χ0n) is 11.6. The highest BCUT2D eigenvalue weighted by Crippen LogP contribution is 2.30. The van der Waals surface area contributed by atoms with Crippen LogP contribution in [0.2, 0.25) is 0 Å². The molecule has 0 aliphatic carbocycles. The molecule has 1 heterocycles. The summed E-state index contributed by atoms with van der Waals surface area (Å²) in [5, 5.41) is 0. The summed E-state index contributed by atoms with van der Waals surface area (Å²) in [6.07, 6.45) is 0. The topological polar surface area (TPSA) is 35.0 Å². The van der Waals surface area contributed by atoms with Crippen LogP contribution in [0.5, 0.6) is 5.75 Å². The monoisotopic (exact) mass is 294 g/mol. The van der Waals surface area contributed by atoms with Gasteiger partial charge in [-0.05, 0) is 17.6 Å². The molecule has 0 N–H and O–H groups in total. The van der Waals surface area contributed by atoms with Crippen molar-refractivity contribution >= 4 is 23.3 Å². The van der Waals surface area contributed by atoms with Crippen LogP contribution in [-0.2, 0) is 11.2 Å². The van der Waals surface area contributed by atoms with Gasteiger partial charge >= 0.3 is 0 Å². The van der Waals surface area contributed by atoms with Gasteiger partial charge < -0.3 is 4.74 Å². The maximum atomic E-state index is 5.35. The van der Waals surface area contributed by atoms with Crippen LogP contribution >= 0.6 is 23.3 Å². The maximum Gasteiger partial charge on any atom is 0.170 e. The van der Waals surface area contributed by atoms with Crippen molar-refractivity contribution in [2.75, 3.05) is 7.11 Å². The van der Waals surface area contributed by atoms with E-state index in [2.05, 4.69) is 36.2 Å². The second-order valence-electron chi connectivity index (χ2n) is 5.23. The fourth-order valence-electron chi connectivity index (χ4n) is 1.53. The van der Waals surface area contributed by atoms with Crippen LogP contribution in [0.4, 0.5) is 0 Å². The molecule has 0 spiro atoms. The highest BCUT2D eigenvalue weighted by molar-refractivity contribution is 8.00. The van der Waals surface area contributed by atoms with Crippen molar-refractivity contribution in [3.63, 3.8) is 0 Å². The van der Waals surface area contributed by atoms with E-state index in [9.17, 15) is 0 Å². The largest absolute Gasteiger partial charge is 0.496 e. The lowest BCUT2D eigenvalue weighted by atomic mass is 9.96. The van der Waals surface area contributed by atoms with Crippen molar-refractivity contribution in [3.05, 3.63) is 35.7 Å². The van der Waals surface area contributed by atoms with E-state index >= 15 is 0 Å². The van der Waals surface area contributed by atoms with Crippen LogP contribution in [0.1, 0.15) is 32.2 Å². The third kappa shape index (κ3) is 3.70. The van der Waals surface area contributed by atoms with Gasteiger partial charge in [0, 0.05) is 16.7 Å². The van der Waals surface area contributed by atoms with Crippen LogP contribution in [0.15, 0.2) is 28.6 Å². The predicted molar refractivity (Wildman–Crippen MR) is 81.2 cm³/mol. The van der Waals surface area contributed by atoms with E-state index in [0.717, 1.165) is 21.7 Å². The Morgan fingerprint density at radius 2 is 2.00 bits per heavy atom. The van der Waals surface area contributed by atoms with Gasteiger partial charge in [-0.25, -0.2) is 4.98 Å². The zero-order valence-corrected chi connectivity index (χ0v) is 13.3. The molecule has 0 aliphatic rings. The fraction of sp³-hybridized carbons (Fsp3) is 0.429. The van der Waals surface area contributed by atoms with Gasteiger partial charge in [-0.15, -0.1) is 0 Å². The van der Waals surface area contributed by atoms with Crippen molar-refractivity contribution < 1.29 is 4.74 Å². The number of benzene rings is 1. The van der Waals surface area contributed by atoms with Crippen LogP contribution in [0.3, 0.4) is 0 Å². The van der Waals surface area contributed by atoms with E-state index in [-0.39, 0.29) is 5.41 Å². The number of thioether (sulfide) groups is 1. The second kappa shape index (κ2) is 5.92. The first-order valence-corrected chi connectivity index (χ1v) is 7.85. The second-order valence-corrected chi connectivity index (χ2v) is 7.21. The number of para-hydroxylation sites is 1. The summed E-state index contributed by atoms with van der Waals surface area (Å²) in [4.78, 5) is 4.58. The average molecular weight is 294 g/mol. The lowest BCUT2D eigenvalue weighted by Gasteiger charge is -2.12. The minimum absolute atomic E-state index is 0.0136. The van der Waals surface area contributed by atoms with Gasteiger partial charge in [0.15, 0.2) is 4.34 Å². The zero-order chi connectivity index (χ0) is 13.9. The molecule has 102 valence electrons. The minimum Gasteiger partial charge on any atom is -0.496 e. The average Bonchev–Trinajstić information content (AvgIpc) is 2.85. The standard InChI is InChI=1S/C14H18N2OS2/c1-14(2,3)12-15-13(19-16-12)18-9-10-7-5-6-8-11(10)17-4/h5-8H,9H2,1-4H3. The van der Waals surface area contributed by atoms with E-state index < -0.39 is 0 Å². The summed E-state index contributed by atoms with van der Waals surface area (Å²) >= 11 is 3.18. The first kappa shape index (κ1) is 14.3. The van der Waals surface area contributed by atoms with Crippen molar-refractivity contribution in [1.82, 2.24) is 9.36 Å². The lowest BCUT2D eigenvalue weighted by Crippen LogP contribution is -2.12. The summed E-state index contributed by atoms with van der Waals surface area (Å²) in [6.45, 7) is 6.39. The van der Waals surface area contributed by atoms with Crippen LogP contribution < -0.4 is 4.74 Å². The van der Waals surface area contributed by atoms with Gasteiger partial charge in [0.05, 0.1) is 7.11 Å². The molecule has 3 nitrogen and oxygen atoms in total. The summed E-state index contributed by atoms with van der Waals surface area (Å²) in [5.74, 6) is 2.69. The van der Waals surface area contributed by atoms with E-state index in [4.69, 9.17) is 4.74 Å². The molecule has 0 saturated heterocycles. The molecule has 1 aromatic carbocycles. The third-order valence-electron chi connectivity index (χ3n) is 2.62. The van der Waals surface area contributed by atoms with E-state index in [1.807, 2.05) is 18.2 Å². The first-order valence-electron chi connectivity index (χ1n) is 6.09. The van der Waals surface area contributed by atoms with Gasteiger partial charge in [0.25, 0.3) is 0 Å². The van der Waals surface area contributed by atoms with Gasteiger partial charge in [0.2, 0.25) is 0 Å². The molecule has 0 amide bonds. The minimum atomic E-state index is 0.0136. The predicted octanol–water partition coefficient (Wildman–Crippen LogP) is 4.14. The fourth-order valence-corrected chi connectivity index (χ4v) is 3.31. The molecule has 0 unspecified atom stereocenters. The molecule has 5 heteroatoms. The van der Waals surface area contributed by atoms with Gasteiger partial charge in [-0.3, -0.25) is 0 Å². The molecule has 0 saturated carbocycles.